The van der Waals surface area contributed by atoms with E-state index in [9.17, 15) is 27.8 Å². The molecule has 3 aromatic rings. The van der Waals surface area contributed by atoms with Gasteiger partial charge in [-0.1, -0.05) is 13.0 Å². The van der Waals surface area contributed by atoms with Gasteiger partial charge in [-0.25, -0.2) is 13.8 Å². The van der Waals surface area contributed by atoms with Crippen molar-refractivity contribution in [1.82, 2.24) is 9.88 Å². The van der Waals surface area contributed by atoms with E-state index in [0.717, 1.165) is 17.0 Å². The van der Waals surface area contributed by atoms with Crippen molar-refractivity contribution in [3.8, 4) is 10.4 Å². The number of aromatic nitrogens is 1. The molecule has 1 unspecified atom stereocenters. The van der Waals surface area contributed by atoms with Gasteiger partial charge in [-0.05, 0) is 35.9 Å². The van der Waals surface area contributed by atoms with Gasteiger partial charge >= 0.3 is 0 Å². The van der Waals surface area contributed by atoms with Crippen LogP contribution >= 0.6 is 21.9 Å². The van der Waals surface area contributed by atoms with Crippen LogP contribution in [0.15, 0.2) is 36.4 Å². The summed E-state index contributed by atoms with van der Waals surface area (Å²) in [6.07, 6.45) is 0. The molecule has 1 amide bonds. The number of benzene rings is 1. The number of thiophene rings is 1. The molecule has 0 aliphatic carbocycles. The number of primary amides is 1. The Bertz CT molecular complexity index is 1240. The van der Waals surface area contributed by atoms with Crippen LogP contribution in [0.4, 0.5) is 19.6 Å². The first kappa shape index (κ1) is 26.5. The van der Waals surface area contributed by atoms with Gasteiger partial charge in [-0.2, -0.15) is 10.6 Å². The van der Waals surface area contributed by atoms with Gasteiger partial charge in [0.25, 0.3) is 5.91 Å². The normalized spacial score (nSPS) is 17.5. The fourth-order valence-electron chi connectivity index (χ4n) is 3.91. The molecule has 1 fully saturated rings. The lowest BCUT2D eigenvalue weighted by Crippen LogP contribution is -2.37. The van der Waals surface area contributed by atoms with Crippen molar-refractivity contribution in [2.75, 3.05) is 36.5 Å². The maximum Gasteiger partial charge on any atom is 0.251 e. The van der Waals surface area contributed by atoms with E-state index in [1.54, 1.807) is 19.1 Å². The number of anilines is 2. The van der Waals surface area contributed by atoms with E-state index in [-0.39, 0.29) is 22.6 Å². The smallest absolute Gasteiger partial charge is 0.251 e. The van der Waals surface area contributed by atoms with E-state index < -0.39 is 34.0 Å². The van der Waals surface area contributed by atoms with E-state index in [1.165, 1.54) is 18.2 Å². The van der Waals surface area contributed by atoms with E-state index >= 15 is 0 Å². The summed E-state index contributed by atoms with van der Waals surface area (Å²) >= 11 is 0.981. The summed E-state index contributed by atoms with van der Waals surface area (Å²) in [5.41, 5.74) is 6.41. The minimum atomic E-state index is -2.49. The van der Waals surface area contributed by atoms with E-state index in [1.807, 2.05) is 6.07 Å². The molecule has 36 heavy (non-hydrogen) atoms. The van der Waals surface area contributed by atoms with E-state index in [2.05, 4.69) is 15.2 Å². The Morgan fingerprint density at radius 3 is 2.50 bits per heavy atom. The number of hydrogen-bond acceptors (Lipinski definition) is 8. The lowest BCUT2D eigenvalue weighted by Gasteiger charge is -2.40. The van der Waals surface area contributed by atoms with Crippen LogP contribution in [0.2, 0.25) is 0 Å². The van der Waals surface area contributed by atoms with Gasteiger partial charge in [-0.3, -0.25) is 18.8 Å². The molecule has 2 aromatic heterocycles. The molecule has 12 heteroatoms. The summed E-state index contributed by atoms with van der Waals surface area (Å²) in [4.78, 5) is 18.9. The van der Waals surface area contributed by atoms with Gasteiger partial charge in [0, 0.05) is 37.0 Å². The molecule has 1 aliphatic heterocycles. The number of hydrogen-bond donors (Lipinski definition) is 5. The highest BCUT2D eigenvalue weighted by Crippen LogP contribution is 2.41. The third-order valence-electron chi connectivity index (χ3n) is 6.05. The predicted molar refractivity (Wildman–Crippen MR) is 139 cm³/mol. The Balaban J connectivity index is 1.58. The summed E-state index contributed by atoms with van der Waals surface area (Å²) in [5, 5.41) is 12.7. The monoisotopic (exact) mass is 538 g/mol. The zero-order valence-corrected chi connectivity index (χ0v) is 21.2. The molecule has 0 bridgehead atoms. The zero-order valence-electron chi connectivity index (χ0n) is 19.6. The lowest BCUT2D eigenvalue weighted by atomic mass is 9.99. The first-order valence-corrected chi connectivity index (χ1v) is 14.0. The summed E-state index contributed by atoms with van der Waals surface area (Å²) in [7, 11) is -2.49. The first-order valence-electron chi connectivity index (χ1n) is 11.3. The zero-order chi connectivity index (χ0) is 26.0. The van der Waals surface area contributed by atoms with Crippen molar-refractivity contribution >= 4 is 38.7 Å². The Morgan fingerprint density at radius 1 is 1.22 bits per heavy atom. The van der Waals surface area contributed by atoms with Crippen LogP contribution in [0, 0.1) is 11.6 Å². The van der Waals surface area contributed by atoms with Gasteiger partial charge in [0.05, 0.1) is 28.3 Å². The number of nitrogens with one attached hydrogen (secondary N) is 1. The van der Waals surface area contributed by atoms with Crippen molar-refractivity contribution in [3.05, 3.63) is 64.9 Å². The molecular formula is C24H28F2N4O4S2. The third kappa shape index (κ3) is 6.02. The Hall–Kier alpha value is -2.61. The molecule has 0 saturated carbocycles. The maximum absolute atomic E-state index is 14.9. The number of carbonyl (C=O) groups excluding carboxylic acids is 1. The fraction of sp³-hybridized carbons (Fsp3) is 0.333. The number of aliphatic hydroxyl groups excluding tert-OH is 1. The molecule has 1 aromatic carbocycles. The molecule has 0 radical (unpaired) electrons. The van der Waals surface area contributed by atoms with Crippen LogP contribution in [-0.4, -0.2) is 61.2 Å². The minimum Gasteiger partial charge on any atom is -0.396 e. The molecule has 1 atom stereocenters. The number of nitrogens with zero attached hydrogens (tertiary/aromatic N) is 2. The minimum absolute atomic E-state index is 0.0787. The molecular weight excluding hydrogens is 510 g/mol. The first-order chi connectivity index (χ1) is 17.1. The van der Waals surface area contributed by atoms with Crippen molar-refractivity contribution in [3.63, 3.8) is 0 Å². The van der Waals surface area contributed by atoms with E-state index in [0.29, 0.717) is 47.5 Å². The van der Waals surface area contributed by atoms with Gasteiger partial charge in [0.15, 0.2) is 0 Å². The second kappa shape index (κ2) is 10.8. The highest BCUT2D eigenvalue weighted by molar-refractivity contribution is 8.24. The largest absolute Gasteiger partial charge is 0.396 e. The summed E-state index contributed by atoms with van der Waals surface area (Å²) in [5.74, 6) is -1.69. The molecule has 1 aliphatic rings. The van der Waals surface area contributed by atoms with Crippen LogP contribution in [0.5, 0.6) is 0 Å². The highest BCUT2D eigenvalue weighted by Gasteiger charge is 2.24. The lowest BCUT2D eigenvalue weighted by molar-refractivity contribution is 0.100. The molecule has 194 valence electrons. The Morgan fingerprint density at radius 2 is 1.89 bits per heavy atom. The second-order valence-corrected chi connectivity index (χ2v) is 12.3. The van der Waals surface area contributed by atoms with Crippen LogP contribution in [0.1, 0.15) is 34.5 Å². The molecule has 4 rings (SSSR count). The third-order valence-corrected chi connectivity index (χ3v) is 8.79. The quantitative estimate of drug-likeness (QED) is 0.283. The SMILES string of the molecule is CC(CO)c1cc(F)c(-c2cc(C(N)=O)c(Nc3cccc(CN4CCS(O)(O)CC4)n3)s2)c(F)c1. The maximum atomic E-state index is 14.9. The Kier molecular flexibility index (Phi) is 7.93. The van der Waals surface area contributed by atoms with Crippen molar-refractivity contribution < 1.29 is 27.8 Å². The van der Waals surface area contributed by atoms with Crippen molar-refractivity contribution in [2.24, 2.45) is 5.73 Å². The number of amides is 1. The van der Waals surface area contributed by atoms with Crippen LogP contribution in [0.3, 0.4) is 0 Å². The average molecular weight is 539 g/mol. The van der Waals surface area contributed by atoms with Gasteiger partial charge < -0.3 is 16.2 Å². The molecule has 1 saturated heterocycles. The second-order valence-electron chi connectivity index (χ2n) is 8.79. The number of aliphatic hydroxyl groups is 1. The van der Waals surface area contributed by atoms with Gasteiger partial charge in [-0.15, -0.1) is 11.3 Å². The number of carbonyl (C=O) groups is 1. The van der Waals surface area contributed by atoms with Gasteiger partial charge in [0.2, 0.25) is 0 Å². The highest BCUT2D eigenvalue weighted by atomic mass is 32.3. The topological polar surface area (TPSA) is 132 Å². The van der Waals surface area contributed by atoms with Crippen molar-refractivity contribution in [1.29, 1.82) is 0 Å². The molecule has 0 spiro atoms. The summed E-state index contributed by atoms with van der Waals surface area (Å²) in [6.45, 7) is 3.03. The number of halogens is 2. The van der Waals surface area contributed by atoms with Crippen LogP contribution in [-0.2, 0) is 6.54 Å². The average Bonchev–Trinajstić information content (AvgIpc) is 3.23. The Labute approximate surface area is 213 Å². The van der Waals surface area contributed by atoms with Crippen molar-refractivity contribution in [2.45, 2.75) is 19.4 Å². The summed E-state index contributed by atoms with van der Waals surface area (Å²) in [6, 6.07) is 9.05. The van der Waals surface area contributed by atoms with Gasteiger partial charge in [0.1, 0.15) is 22.5 Å². The number of pyridine rings is 1. The van der Waals surface area contributed by atoms with Crippen LogP contribution < -0.4 is 11.1 Å². The number of nitrogens with two attached hydrogens (primary N) is 1. The predicted octanol–water partition coefficient (Wildman–Crippen LogP) is 4.59. The summed E-state index contributed by atoms with van der Waals surface area (Å²) < 4.78 is 49.4. The van der Waals surface area contributed by atoms with E-state index in [4.69, 9.17) is 5.73 Å². The molecule has 6 N–H and O–H groups in total. The molecule has 8 nitrogen and oxygen atoms in total. The van der Waals surface area contributed by atoms with Crippen LogP contribution in [0.25, 0.3) is 10.4 Å². The fourth-order valence-corrected chi connectivity index (χ4v) is 6.34. The standard InChI is InChI=1S/C24H28F2N4O4S2/c1-14(13-31)15-9-18(25)22(19(26)10-15)20-11-17(23(27)32)24(35-20)29-21-4-2-3-16(28-21)12-30-5-7-36(33,34)8-6-30/h2-4,9-11,14,31,33-34H,5-8,12-13H2,1H3,(H2,27,32)(H,28,29). The molecule has 3 heterocycles. The number of rotatable bonds is 8.